The molecule has 0 saturated heterocycles. The van der Waals surface area contributed by atoms with Gasteiger partial charge in [-0.25, -0.2) is 4.79 Å². The van der Waals surface area contributed by atoms with Crippen LogP contribution in [0.4, 0.5) is 65.9 Å². The van der Waals surface area contributed by atoms with E-state index in [1.165, 1.54) is 6.92 Å². The van der Waals surface area contributed by atoms with Crippen molar-refractivity contribution in [2.75, 3.05) is 13.4 Å². The summed E-state index contributed by atoms with van der Waals surface area (Å²) in [6.45, 7) is 1.19. The van der Waals surface area contributed by atoms with E-state index in [1.54, 1.807) is 0 Å². The maximum Gasteiger partial charge on any atom is 0.437 e. The molecule has 0 N–H and O–H groups in total. The molecule has 0 unspecified atom stereocenters. The van der Waals surface area contributed by atoms with Gasteiger partial charge in [0.2, 0.25) is 0 Å². The molecule has 19 heteroatoms. The minimum absolute atomic E-state index is 0.424. The molecule has 1 saturated carbocycles. The SMILES string of the molecule is C=C(C(=O)OC(C1CCC(C(OCOCC)(C(F)(F)F)C(F)(F)F)CC1)(C(F)(F)F)C(F)(F)F)C(F)(F)F. The molecule has 4 nitrogen and oxygen atoms in total. The molecule has 1 rings (SSSR count). The topological polar surface area (TPSA) is 44.8 Å². The second-order valence-corrected chi connectivity index (χ2v) is 8.13. The van der Waals surface area contributed by atoms with Gasteiger partial charge >= 0.3 is 42.5 Å². The van der Waals surface area contributed by atoms with Gasteiger partial charge in [0.1, 0.15) is 12.4 Å². The standard InChI is InChI=1S/C19H19F15O4/c1-3-36-8-37-13(16(23,24)25,17(26,27)28)10-4-6-11(7-5-10)14(18(29,30)31,19(32,33)34)38-12(35)9(2)15(20,21)22/h10-11H,2-8H2,1H3. The molecule has 0 heterocycles. The van der Waals surface area contributed by atoms with Crippen LogP contribution in [-0.2, 0) is 19.0 Å². The quantitative estimate of drug-likeness (QED) is 0.0979. The van der Waals surface area contributed by atoms with E-state index in [9.17, 15) is 70.7 Å². The maximum absolute atomic E-state index is 13.8. The zero-order chi connectivity index (χ0) is 30.2. The molecule has 1 fully saturated rings. The lowest BCUT2D eigenvalue weighted by Crippen LogP contribution is -2.67. The van der Waals surface area contributed by atoms with Gasteiger partial charge in [-0.05, 0) is 32.6 Å². The van der Waals surface area contributed by atoms with E-state index in [1.807, 2.05) is 6.58 Å². The third-order valence-corrected chi connectivity index (χ3v) is 5.98. The number of carbonyl (C=O) groups is 1. The first kappa shape index (κ1) is 34.1. The van der Waals surface area contributed by atoms with Crippen molar-refractivity contribution >= 4 is 5.97 Å². The number of hydrogen-bond donors (Lipinski definition) is 0. The Labute approximate surface area is 204 Å². The van der Waals surface area contributed by atoms with Gasteiger partial charge in [0, 0.05) is 18.4 Å². The highest BCUT2D eigenvalue weighted by molar-refractivity contribution is 5.89. The maximum atomic E-state index is 13.8. The van der Waals surface area contributed by atoms with Gasteiger partial charge in [0.25, 0.3) is 5.60 Å². The lowest BCUT2D eigenvalue weighted by atomic mass is 9.67. The molecule has 1 aliphatic rings. The summed E-state index contributed by atoms with van der Waals surface area (Å²) < 4.78 is 215. The summed E-state index contributed by atoms with van der Waals surface area (Å²) in [6, 6.07) is 0. The van der Waals surface area contributed by atoms with Crippen LogP contribution in [0, 0.1) is 11.8 Å². The Bertz CT molecular complexity index is 800. The van der Waals surface area contributed by atoms with Crippen LogP contribution in [0.3, 0.4) is 0 Å². The minimum atomic E-state index is -6.69. The normalized spacial score (nSPS) is 20.8. The van der Waals surface area contributed by atoms with Crippen molar-refractivity contribution in [2.45, 2.75) is 74.7 Å². The van der Waals surface area contributed by atoms with E-state index in [4.69, 9.17) is 0 Å². The van der Waals surface area contributed by atoms with Crippen LogP contribution >= 0.6 is 0 Å². The molecule has 0 aromatic heterocycles. The molecule has 0 spiro atoms. The fourth-order valence-electron chi connectivity index (χ4n) is 4.18. The van der Waals surface area contributed by atoms with Gasteiger partial charge in [-0.15, -0.1) is 0 Å². The highest BCUT2D eigenvalue weighted by Crippen LogP contribution is 2.59. The van der Waals surface area contributed by atoms with Crippen LogP contribution in [-0.4, -0.2) is 61.5 Å². The molecule has 0 radical (unpaired) electrons. The fourth-order valence-corrected chi connectivity index (χ4v) is 4.18. The first-order valence-electron chi connectivity index (χ1n) is 10.3. The first-order chi connectivity index (χ1) is 16.8. The summed E-state index contributed by atoms with van der Waals surface area (Å²) >= 11 is 0. The Morgan fingerprint density at radius 2 is 1.03 bits per heavy atom. The lowest BCUT2D eigenvalue weighted by Gasteiger charge is -2.48. The Kier molecular flexibility index (Phi) is 9.80. The van der Waals surface area contributed by atoms with E-state index in [2.05, 4.69) is 14.2 Å². The van der Waals surface area contributed by atoms with Crippen LogP contribution in [0.25, 0.3) is 0 Å². The van der Waals surface area contributed by atoms with Gasteiger partial charge < -0.3 is 14.2 Å². The Morgan fingerprint density at radius 3 is 1.32 bits per heavy atom. The summed E-state index contributed by atoms with van der Waals surface area (Å²) in [5.74, 6) is -9.09. The molecule has 38 heavy (non-hydrogen) atoms. The fraction of sp³-hybridized carbons (Fsp3) is 0.842. The monoisotopic (exact) mass is 596 g/mol. The molecule has 0 aromatic rings. The van der Waals surface area contributed by atoms with E-state index < -0.39 is 105 Å². The number of hydrogen-bond acceptors (Lipinski definition) is 4. The van der Waals surface area contributed by atoms with Gasteiger partial charge in [-0.1, -0.05) is 6.58 Å². The van der Waals surface area contributed by atoms with Crippen molar-refractivity contribution in [3.8, 4) is 0 Å². The Hall–Kier alpha value is -1.92. The predicted octanol–water partition coefficient (Wildman–Crippen LogP) is 7.19. The molecule has 0 aliphatic heterocycles. The number of carbonyl (C=O) groups excluding carboxylic acids is 1. The second-order valence-electron chi connectivity index (χ2n) is 8.13. The number of alkyl halides is 15. The number of halogens is 15. The lowest BCUT2D eigenvalue weighted by molar-refractivity contribution is -0.415. The average Bonchev–Trinajstić information content (AvgIpc) is 2.70. The summed E-state index contributed by atoms with van der Waals surface area (Å²) in [5, 5.41) is 0. The zero-order valence-electron chi connectivity index (χ0n) is 18.9. The summed E-state index contributed by atoms with van der Waals surface area (Å²) in [4.78, 5) is 11.6. The Balaban J connectivity index is 3.55. The third kappa shape index (κ3) is 6.28. The molecular weight excluding hydrogens is 577 g/mol. The smallest absolute Gasteiger partial charge is 0.436 e. The molecule has 224 valence electrons. The molecule has 0 bridgehead atoms. The average molecular weight is 596 g/mol. The number of esters is 1. The van der Waals surface area contributed by atoms with Crippen LogP contribution < -0.4 is 0 Å². The molecule has 0 amide bonds. The highest BCUT2D eigenvalue weighted by atomic mass is 19.4. The van der Waals surface area contributed by atoms with E-state index >= 15 is 0 Å². The summed E-state index contributed by atoms with van der Waals surface area (Å²) in [7, 11) is 0. The third-order valence-electron chi connectivity index (χ3n) is 5.98. The summed E-state index contributed by atoms with van der Waals surface area (Å²) in [5.41, 5.74) is -13.5. The van der Waals surface area contributed by atoms with Crippen molar-refractivity contribution in [2.24, 2.45) is 11.8 Å². The Morgan fingerprint density at radius 1 is 0.684 bits per heavy atom. The van der Waals surface area contributed by atoms with Gasteiger partial charge in [0.05, 0.1) is 0 Å². The highest BCUT2D eigenvalue weighted by Gasteiger charge is 2.80. The number of ether oxygens (including phenoxy) is 3. The van der Waals surface area contributed by atoms with Crippen molar-refractivity contribution in [3.05, 3.63) is 12.2 Å². The van der Waals surface area contributed by atoms with Gasteiger partial charge in [-0.2, -0.15) is 65.9 Å². The molecule has 0 atom stereocenters. The predicted molar refractivity (Wildman–Crippen MR) is 94.0 cm³/mol. The van der Waals surface area contributed by atoms with Crippen molar-refractivity contribution in [3.63, 3.8) is 0 Å². The molecule has 0 aromatic carbocycles. The summed E-state index contributed by atoms with van der Waals surface area (Å²) in [6.07, 6.45) is -38.5. The zero-order valence-corrected chi connectivity index (χ0v) is 18.9. The van der Waals surface area contributed by atoms with Crippen molar-refractivity contribution in [1.82, 2.24) is 0 Å². The molecule has 1 aliphatic carbocycles. The van der Waals surface area contributed by atoms with Crippen LogP contribution in [0.15, 0.2) is 12.2 Å². The number of rotatable bonds is 8. The molecular formula is C19H19F15O4. The van der Waals surface area contributed by atoms with Crippen LogP contribution in [0.1, 0.15) is 32.6 Å². The van der Waals surface area contributed by atoms with E-state index in [0.717, 1.165) is 0 Å². The van der Waals surface area contributed by atoms with Crippen molar-refractivity contribution in [1.29, 1.82) is 0 Å². The van der Waals surface area contributed by atoms with Crippen molar-refractivity contribution < 1.29 is 84.9 Å². The van der Waals surface area contributed by atoms with Crippen LogP contribution in [0.5, 0.6) is 0 Å². The van der Waals surface area contributed by atoms with E-state index in [-0.39, 0.29) is 0 Å². The second kappa shape index (κ2) is 10.9. The van der Waals surface area contributed by atoms with Gasteiger partial charge in [-0.3, -0.25) is 0 Å². The first-order valence-corrected chi connectivity index (χ1v) is 10.3. The van der Waals surface area contributed by atoms with Crippen LogP contribution in [0.2, 0.25) is 0 Å². The largest absolute Gasteiger partial charge is 0.437 e. The van der Waals surface area contributed by atoms with E-state index in [0.29, 0.717) is 0 Å². The van der Waals surface area contributed by atoms with Gasteiger partial charge in [0.15, 0.2) is 0 Å². The minimum Gasteiger partial charge on any atom is -0.436 e.